The van der Waals surface area contributed by atoms with E-state index >= 15 is 0 Å². The predicted octanol–water partition coefficient (Wildman–Crippen LogP) is 3.46. The largest absolute Gasteiger partial charge is 0.358 e. The number of aromatic amines is 1. The van der Waals surface area contributed by atoms with Gasteiger partial charge >= 0.3 is 0 Å². The minimum absolute atomic E-state index is 0.0188. The number of rotatable bonds is 2. The Bertz CT molecular complexity index is 667. The topological polar surface area (TPSA) is 36.1 Å². The molecule has 0 saturated carbocycles. The number of thioether (sulfide) groups is 1. The Balaban J connectivity index is 1.96. The second-order valence-corrected chi connectivity index (χ2v) is 6.77. The molecule has 3 nitrogen and oxygen atoms in total. The van der Waals surface area contributed by atoms with E-state index in [0.29, 0.717) is 6.54 Å². The third-order valence-electron chi connectivity index (χ3n) is 3.95. The van der Waals surface area contributed by atoms with Crippen LogP contribution in [0.4, 0.5) is 0 Å². The summed E-state index contributed by atoms with van der Waals surface area (Å²) in [5.41, 5.74) is 3.56. The number of amides is 1. The first kappa shape index (κ1) is 13.8. The summed E-state index contributed by atoms with van der Waals surface area (Å²) in [4.78, 5) is 17.7. The second kappa shape index (κ2) is 5.34. The predicted molar refractivity (Wildman–Crippen MR) is 85.4 cm³/mol. The van der Waals surface area contributed by atoms with Crippen molar-refractivity contribution in [3.05, 3.63) is 34.5 Å². The molecule has 1 unspecified atom stereocenters. The third kappa shape index (κ3) is 2.31. The number of halogens is 1. The van der Waals surface area contributed by atoms with Gasteiger partial charge in [-0.3, -0.25) is 4.79 Å². The van der Waals surface area contributed by atoms with Crippen LogP contribution in [-0.4, -0.2) is 33.8 Å². The first-order chi connectivity index (χ1) is 9.60. The lowest BCUT2D eigenvalue weighted by atomic mass is 10.0. The molecule has 3 rings (SSSR count). The van der Waals surface area contributed by atoms with Gasteiger partial charge in [0.15, 0.2) is 0 Å². The number of nitrogens with one attached hydrogen (secondary N) is 1. The molecule has 0 fully saturated rings. The van der Waals surface area contributed by atoms with Crippen molar-refractivity contribution in [1.82, 2.24) is 9.88 Å². The highest BCUT2D eigenvalue weighted by atomic mass is 35.5. The summed E-state index contributed by atoms with van der Waals surface area (Å²) in [6.07, 6.45) is 2.86. The molecule has 0 radical (unpaired) electrons. The minimum Gasteiger partial charge on any atom is -0.358 e. The van der Waals surface area contributed by atoms with Crippen LogP contribution in [0, 0.1) is 0 Å². The molecule has 0 spiro atoms. The number of carbonyl (C=O) groups is 1. The van der Waals surface area contributed by atoms with Crippen LogP contribution < -0.4 is 0 Å². The van der Waals surface area contributed by atoms with Crippen LogP contribution >= 0.6 is 23.4 Å². The molecule has 20 heavy (non-hydrogen) atoms. The fraction of sp³-hybridized carbons (Fsp3) is 0.400. The standard InChI is InChI=1S/C15H17ClN2OS/c1-9(20-2)15(19)18-6-5-14-12(8-18)11-7-10(16)3-4-13(11)17-14/h3-4,7,9,17H,5-6,8H2,1-2H3. The quantitative estimate of drug-likeness (QED) is 0.922. The number of benzene rings is 1. The fourth-order valence-electron chi connectivity index (χ4n) is 2.73. The summed E-state index contributed by atoms with van der Waals surface area (Å²) in [5, 5.41) is 1.90. The van der Waals surface area contributed by atoms with Gasteiger partial charge in [-0.05, 0) is 31.4 Å². The Hall–Kier alpha value is -1.13. The molecule has 106 valence electrons. The van der Waals surface area contributed by atoms with Gasteiger partial charge in [0.05, 0.1) is 5.25 Å². The van der Waals surface area contributed by atoms with Crippen LogP contribution in [0.1, 0.15) is 18.2 Å². The molecular formula is C15H17ClN2OS. The molecule has 0 saturated heterocycles. The summed E-state index contributed by atoms with van der Waals surface area (Å²) >= 11 is 7.69. The van der Waals surface area contributed by atoms with Crippen molar-refractivity contribution < 1.29 is 4.79 Å². The van der Waals surface area contributed by atoms with E-state index in [9.17, 15) is 4.79 Å². The Morgan fingerprint density at radius 3 is 3.05 bits per heavy atom. The van der Waals surface area contributed by atoms with E-state index < -0.39 is 0 Å². The number of H-pyrrole nitrogens is 1. The Labute approximate surface area is 127 Å². The maximum Gasteiger partial charge on any atom is 0.235 e. The van der Waals surface area contributed by atoms with E-state index in [1.165, 1.54) is 11.3 Å². The van der Waals surface area contributed by atoms with Gasteiger partial charge in [0, 0.05) is 46.7 Å². The summed E-state index contributed by atoms with van der Waals surface area (Å²) < 4.78 is 0. The minimum atomic E-state index is 0.0188. The van der Waals surface area contributed by atoms with Crippen LogP contribution in [0.15, 0.2) is 18.2 Å². The average Bonchev–Trinajstić information content (AvgIpc) is 2.82. The van der Waals surface area contributed by atoms with Gasteiger partial charge in [0.2, 0.25) is 5.91 Å². The highest BCUT2D eigenvalue weighted by molar-refractivity contribution is 7.99. The molecule has 1 N–H and O–H groups in total. The first-order valence-electron chi connectivity index (χ1n) is 6.70. The lowest BCUT2D eigenvalue weighted by Crippen LogP contribution is -2.39. The number of hydrogen-bond acceptors (Lipinski definition) is 2. The van der Waals surface area contributed by atoms with Gasteiger partial charge in [-0.15, -0.1) is 0 Å². The van der Waals surface area contributed by atoms with Crippen LogP contribution in [0.3, 0.4) is 0 Å². The van der Waals surface area contributed by atoms with Crippen molar-refractivity contribution in [2.45, 2.75) is 25.1 Å². The van der Waals surface area contributed by atoms with E-state index in [2.05, 4.69) is 4.98 Å². The van der Waals surface area contributed by atoms with Crippen LogP contribution in [0.25, 0.3) is 10.9 Å². The maximum atomic E-state index is 12.3. The van der Waals surface area contributed by atoms with Gasteiger partial charge < -0.3 is 9.88 Å². The molecular weight excluding hydrogens is 292 g/mol. The van der Waals surface area contributed by atoms with Crippen LogP contribution in [0.2, 0.25) is 5.02 Å². The zero-order valence-corrected chi connectivity index (χ0v) is 13.1. The van der Waals surface area contributed by atoms with Gasteiger partial charge in [-0.1, -0.05) is 11.6 Å². The molecule has 1 amide bonds. The molecule has 2 heterocycles. The van der Waals surface area contributed by atoms with Crippen molar-refractivity contribution in [2.75, 3.05) is 12.8 Å². The number of hydrogen-bond donors (Lipinski definition) is 1. The fourth-order valence-corrected chi connectivity index (χ4v) is 3.26. The smallest absolute Gasteiger partial charge is 0.235 e. The number of fused-ring (bicyclic) bond motifs is 3. The van der Waals surface area contributed by atoms with Gasteiger partial charge in [-0.2, -0.15) is 11.8 Å². The van der Waals surface area contributed by atoms with Crippen molar-refractivity contribution >= 4 is 40.2 Å². The molecule has 1 aliphatic rings. The Morgan fingerprint density at radius 2 is 2.30 bits per heavy atom. The molecule has 1 atom stereocenters. The molecule has 1 aromatic heterocycles. The molecule has 2 aromatic rings. The second-order valence-electron chi connectivity index (χ2n) is 5.16. The Kier molecular flexibility index (Phi) is 3.69. The average molecular weight is 309 g/mol. The van der Waals surface area contributed by atoms with Gasteiger partial charge in [-0.25, -0.2) is 0 Å². The SMILES string of the molecule is CSC(C)C(=O)N1CCc2[nH]c3ccc(Cl)cc3c2C1. The number of aromatic nitrogens is 1. The number of carbonyl (C=O) groups excluding carboxylic acids is 1. The molecule has 0 aliphatic carbocycles. The van der Waals surface area contributed by atoms with E-state index in [4.69, 9.17) is 11.6 Å². The first-order valence-corrected chi connectivity index (χ1v) is 8.37. The number of nitrogens with zero attached hydrogens (tertiary/aromatic N) is 1. The van der Waals surface area contributed by atoms with E-state index in [1.807, 2.05) is 36.3 Å². The van der Waals surface area contributed by atoms with Crippen molar-refractivity contribution in [3.63, 3.8) is 0 Å². The van der Waals surface area contributed by atoms with E-state index in [1.54, 1.807) is 11.8 Å². The lowest BCUT2D eigenvalue weighted by molar-refractivity contribution is -0.131. The zero-order valence-electron chi connectivity index (χ0n) is 11.6. The van der Waals surface area contributed by atoms with Crippen molar-refractivity contribution in [3.8, 4) is 0 Å². The summed E-state index contributed by atoms with van der Waals surface area (Å²) in [6.45, 7) is 3.44. The normalized spacial score (nSPS) is 16.2. The molecule has 1 aliphatic heterocycles. The lowest BCUT2D eigenvalue weighted by Gasteiger charge is -2.29. The van der Waals surface area contributed by atoms with Crippen LogP contribution in [-0.2, 0) is 17.8 Å². The Morgan fingerprint density at radius 1 is 1.50 bits per heavy atom. The van der Waals surface area contributed by atoms with Gasteiger partial charge in [0.1, 0.15) is 0 Å². The third-order valence-corrected chi connectivity index (χ3v) is 5.09. The summed E-state index contributed by atoms with van der Waals surface area (Å²) in [7, 11) is 0. The molecule has 5 heteroatoms. The van der Waals surface area contributed by atoms with Crippen molar-refractivity contribution in [1.29, 1.82) is 0 Å². The van der Waals surface area contributed by atoms with Crippen LogP contribution in [0.5, 0.6) is 0 Å². The maximum absolute atomic E-state index is 12.3. The monoisotopic (exact) mass is 308 g/mol. The van der Waals surface area contributed by atoms with Crippen molar-refractivity contribution in [2.24, 2.45) is 0 Å². The summed E-state index contributed by atoms with van der Waals surface area (Å²) in [5.74, 6) is 0.222. The van der Waals surface area contributed by atoms with E-state index in [-0.39, 0.29) is 11.2 Å². The highest BCUT2D eigenvalue weighted by Crippen LogP contribution is 2.30. The summed E-state index contributed by atoms with van der Waals surface area (Å²) in [6, 6.07) is 5.88. The van der Waals surface area contributed by atoms with Gasteiger partial charge in [0.25, 0.3) is 0 Å². The molecule has 1 aromatic carbocycles. The molecule has 0 bridgehead atoms. The highest BCUT2D eigenvalue weighted by Gasteiger charge is 2.26. The van der Waals surface area contributed by atoms with E-state index in [0.717, 1.165) is 28.9 Å². The zero-order chi connectivity index (χ0) is 14.3.